The summed E-state index contributed by atoms with van der Waals surface area (Å²) in [7, 11) is 0. The molecule has 0 aliphatic carbocycles. The van der Waals surface area contributed by atoms with Crippen LogP contribution < -0.4 is 17.2 Å². The van der Waals surface area contributed by atoms with Crippen molar-refractivity contribution < 1.29 is 0 Å². The molecule has 6 N–H and O–H groups in total. The summed E-state index contributed by atoms with van der Waals surface area (Å²) in [5.41, 5.74) is 17.0. The van der Waals surface area contributed by atoms with Crippen LogP contribution in [0.1, 0.15) is 18.5 Å². The normalized spacial score (nSPS) is 13.2. The molecule has 6 heteroatoms. The molecule has 0 heterocycles. The van der Waals surface area contributed by atoms with Crippen molar-refractivity contribution in [1.29, 1.82) is 0 Å². The van der Waals surface area contributed by atoms with Gasteiger partial charge in [-0.25, -0.2) is 4.99 Å². The molecule has 0 aliphatic heterocycles. The van der Waals surface area contributed by atoms with E-state index < -0.39 is 0 Å². The average molecular weight is 284 g/mol. The van der Waals surface area contributed by atoms with Crippen molar-refractivity contribution in [2.24, 2.45) is 27.2 Å². The minimum Gasteiger partial charge on any atom is -0.370 e. The van der Waals surface area contributed by atoms with Crippen LogP contribution in [0.5, 0.6) is 0 Å². The van der Waals surface area contributed by atoms with E-state index >= 15 is 0 Å². The molecular formula is C10H14BrN5. The maximum Gasteiger partial charge on any atom is 0.219 e. The Morgan fingerprint density at radius 1 is 1.31 bits per heavy atom. The molecule has 86 valence electrons. The SMILES string of the molecule is CC(N=C(N)N=C(N)N)c1cccc(Br)c1. The molecule has 0 saturated carbocycles. The molecule has 0 saturated heterocycles. The highest BCUT2D eigenvalue weighted by Crippen LogP contribution is 2.20. The number of halogens is 1. The Labute approximate surface area is 103 Å². The summed E-state index contributed by atoms with van der Waals surface area (Å²) in [4.78, 5) is 7.81. The number of nitrogens with two attached hydrogens (primary N) is 3. The molecule has 0 amide bonds. The minimum absolute atomic E-state index is 0.0764. The fraction of sp³-hybridized carbons (Fsp3) is 0.200. The molecule has 1 atom stereocenters. The summed E-state index contributed by atoms with van der Waals surface area (Å²) in [5, 5.41) is 0. The third-order valence-corrected chi connectivity index (χ3v) is 2.39. The molecular weight excluding hydrogens is 270 g/mol. The number of benzene rings is 1. The second-order valence-electron chi connectivity index (χ2n) is 3.25. The standard InChI is InChI=1S/C10H14BrN5/c1-6(15-10(14)16-9(12)13)7-3-2-4-8(11)5-7/h2-6H,1H3,(H6,12,13,14,15,16). The second-order valence-corrected chi connectivity index (χ2v) is 4.17. The first-order chi connectivity index (χ1) is 7.49. The van der Waals surface area contributed by atoms with Gasteiger partial charge < -0.3 is 17.2 Å². The lowest BCUT2D eigenvalue weighted by atomic mass is 10.1. The highest BCUT2D eigenvalue weighted by Gasteiger charge is 2.04. The van der Waals surface area contributed by atoms with Gasteiger partial charge in [-0.2, -0.15) is 4.99 Å². The van der Waals surface area contributed by atoms with Crippen LogP contribution >= 0.6 is 15.9 Å². The van der Waals surface area contributed by atoms with E-state index in [9.17, 15) is 0 Å². The Morgan fingerprint density at radius 3 is 2.56 bits per heavy atom. The van der Waals surface area contributed by atoms with Gasteiger partial charge in [0.25, 0.3) is 0 Å². The largest absolute Gasteiger partial charge is 0.370 e. The predicted molar refractivity (Wildman–Crippen MR) is 70.0 cm³/mol. The quantitative estimate of drug-likeness (QED) is 0.559. The van der Waals surface area contributed by atoms with Gasteiger partial charge >= 0.3 is 0 Å². The zero-order valence-corrected chi connectivity index (χ0v) is 10.5. The number of hydrogen-bond acceptors (Lipinski definition) is 1. The van der Waals surface area contributed by atoms with Crippen LogP contribution in [0.3, 0.4) is 0 Å². The van der Waals surface area contributed by atoms with E-state index in [1.165, 1.54) is 0 Å². The van der Waals surface area contributed by atoms with Crippen molar-refractivity contribution in [3.05, 3.63) is 34.3 Å². The fourth-order valence-corrected chi connectivity index (χ4v) is 1.62. The second kappa shape index (κ2) is 5.50. The van der Waals surface area contributed by atoms with Crippen LogP contribution in [0.2, 0.25) is 0 Å². The third-order valence-electron chi connectivity index (χ3n) is 1.90. The summed E-state index contributed by atoms with van der Waals surface area (Å²) in [6.07, 6.45) is 0. The van der Waals surface area contributed by atoms with Crippen molar-refractivity contribution in [2.75, 3.05) is 0 Å². The predicted octanol–water partition coefficient (Wildman–Crippen LogP) is 1.10. The first kappa shape index (κ1) is 12.5. The zero-order valence-electron chi connectivity index (χ0n) is 8.89. The van der Waals surface area contributed by atoms with Crippen molar-refractivity contribution in [3.8, 4) is 0 Å². The lowest BCUT2D eigenvalue weighted by Crippen LogP contribution is -2.26. The number of hydrogen-bond donors (Lipinski definition) is 3. The van der Waals surface area contributed by atoms with E-state index in [1.807, 2.05) is 31.2 Å². The first-order valence-corrected chi connectivity index (χ1v) is 5.46. The fourth-order valence-electron chi connectivity index (χ4n) is 1.20. The highest BCUT2D eigenvalue weighted by molar-refractivity contribution is 9.10. The van der Waals surface area contributed by atoms with Gasteiger partial charge in [0, 0.05) is 4.47 Å². The highest BCUT2D eigenvalue weighted by atomic mass is 79.9. The van der Waals surface area contributed by atoms with Gasteiger partial charge in [0.15, 0.2) is 5.96 Å². The van der Waals surface area contributed by atoms with Gasteiger partial charge in [0.1, 0.15) is 0 Å². The summed E-state index contributed by atoms with van der Waals surface area (Å²) in [6, 6.07) is 7.71. The van der Waals surface area contributed by atoms with Crippen LogP contribution in [-0.4, -0.2) is 11.9 Å². The molecule has 5 nitrogen and oxygen atoms in total. The Kier molecular flexibility index (Phi) is 4.30. The topological polar surface area (TPSA) is 103 Å². The summed E-state index contributed by atoms with van der Waals surface area (Å²) in [5.74, 6) is -0.0184. The van der Waals surface area contributed by atoms with Crippen LogP contribution in [0.25, 0.3) is 0 Å². The Hall–Kier alpha value is -1.56. The monoisotopic (exact) mass is 283 g/mol. The van der Waals surface area contributed by atoms with E-state index in [0.717, 1.165) is 10.0 Å². The average Bonchev–Trinajstić information content (AvgIpc) is 2.16. The van der Waals surface area contributed by atoms with Gasteiger partial charge in [-0.05, 0) is 24.6 Å². The number of nitrogens with zero attached hydrogens (tertiary/aromatic N) is 2. The van der Waals surface area contributed by atoms with Crippen molar-refractivity contribution in [1.82, 2.24) is 0 Å². The van der Waals surface area contributed by atoms with Crippen LogP contribution in [0, 0.1) is 0 Å². The Balaban J connectivity index is 2.87. The first-order valence-electron chi connectivity index (χ1n) is 4.67. The van der Waals surface area contributed by atoms with Gasteiger partial charge in [-0.3, -0.25) is 0 Å². The number of guanidine groups is 2. The van der Waals surface area contributed by atoms with Gasteiger partial charge in [-0.1, -0.05) is 28.1 Å². The van der Waals surface area contributed by atoms with E-state index in [2.05, 4.69) is 25.9 Å². The Morgan fingerprint density at radius 2 is 2.00 bits per heavy atom. The molecule has 16 heavy (non-hydrogen) atoms. The summed E-state index contributed by atoms with van der Waals surface area (Å²) < 4.78 is 0.993. The maximum absolute atomic E-state index is 5.54. The lowest BCUT2D eigenvalue weighted by molar-refractivity contribution is 0.815. The van der Waals surface area contributed by atoms with E-state index in [-0.39, 0.29) is 18.0 Å². The Bertz CT molecular complexity index is 423. The van der Waals surface area contributed by atoms with Gasteiger partial charge in [-0.15, -0.1) is 0 Å². The number of rotatable bonds is 2. The van der Waals surface area contributed by atoms with Gasteiger partial charge in [0.05, 0.1) is 6.04 Å². The van der Waals surface area contributed by atoms with E-state index in [0.29, 0.717) is 0 Å². The lowest BCUT2D eigenvalue weighted by Gasteiger charge is -2.07. The molecule has 1 rings (SSSR count). The molecule has 0 fully saturated rings. The van der Waals surface area contributed by atoms with Crippen LogP contribution in [-0.2, 0) is 0 Å². The molecule has 1 aromatic carbocycles. The molecule has 0 spiro atoms. The number of aliphatic imine (C=N–C) groups is 2. The summed E-state index contributed by atoms with van der Waals surface area (Å²) >= 11 is 3.39. The van der Waals surface area contributed by atoms with E-state index in [4.69, 9.17) is 17.2 Å². The zero-order chi connectivity index (χ0) is 12.1. The smallest absolute Gasteiger partial charge is 0.219 e. The minimum atomic E-state index is -0.0967. The molecule has 0 aliphatic rings. The molecule has 1 unspecified atom stereocenters. The molecule has 0 radical (unpaired) electrons. The van der Waals surface area contributed by atoms with Crippen LogP contribution in [0.15, 0.2) is 38.7 Å². The van der Waals surface area contributed by atoms with Crippen molar-refractivity contribution >= 4 is 27.8 Å². The molecule has 0 aromatic heterocycles. The molecule has 0 bridgehead atoms. The van der Waals surface area contributed by atoms with Crippen LogP contribution in [0.4, 0.5) is 0 Å². The molecule has 1 aromatic rings. The van der Waals surface area contributed by atoms with E-state index in [1.54, 1.807) is 0 Å². The summed E-state index contributed by atoms with van der Waals surface area (Å²) in [6.45, 7) is 1.91. The van der Waals surface area contributed by atoms with Crippen molar-refractivity contribution in [2.45, 2.75) is 13.0 Å². The third kappa shape index (κ3) is 3.90. The van der Waals surface area contributed by atoms with Crippen molar-refractivity contribution in [3.63, 3.8) is 0 Å². The maximum atomic E-state index is 5.54. The van der Waals surface area contributed by atoms with Gasteiger partial charge in [0.2, 0.25) is 5.96 Å².